The molecule has 1 N–H and O–H groups in total. The molecule has 0 aliphatic rings. The number of rotatable bonds is 6. The fraction of sp³-hybridized carbons (Fsp3) is 0.174. The quantitative estimate of drug-likeness (QED) is 0.411. The summed E-state index contributed by atoms with van der Waals surface area (Å²) in [6, 6.07) is 10.6. The molecule has 0 saturated heterocycles. The fourth-order valence-corrected chi connectivity index (χ4v) is 4.19. The van der Waals surface area contributed by atoms with Crippen LogP contribution in [0, 0.1) is 6.92 Å². The largest absolute Gasteiger partial charge is 0.452 e. The second-order valence-corrected chi connectivity index (χ2v) is 8.39. The third-order valence-corrected chi connectivity index (χ3v) is 5.94. The topological polar surface area (TPSA) is 103 Å². The highest BCUT2D eigenvalue weighted by atomic mass is 35.5. The molecule has 0 fully saturated rings. The lowest BCUT2D eigenvalue weighted by atomic mass is 10.2. The molecular weight excluding hydrogens is 464 g/mol. The van der Waals surface area contributed by atoms with E-state index in [0.717, 1.165) is 11.3 Å². The zero-order valence-electron chi connectivity index (χ0n) is 17.8. The van der Waals surface area contributed by atoms with E-state index >= 15 is 0 Å². The number of nitrogens with one attached hydrogen (secondary N) is 1. The van der Waals surface area contributed by atoms with Crippen LogP contribution in [0.5, 0.6) is 0 Å². The summed E-state index contributed by atoms with van der Waals surface area (Å²) in [6.07, 6.45) is 1.41. The molecule has 4 aromatic rings. The van der Waals surface area contributed by atoms with E-state index in [1.165, 1.54) is 17.5 Å². The molecule has 0 unspecified atom stereocenters. The Kier molecular flexibility index (Phi) is 6.52. The van der Waals surface area contributed by atoms with Crippen LogP contribution in [0.1, 0.15) is 23.0 Å². The molecule has 8 nitrogen and oxygen atoms in total. The van der Waals surface area contributed by atoms with Crippen molar-refractivity contribution >= 4 is 51.0 Å². The third kappa shape index (κ3) is 4.79. The van der Waals surface area contributed by atoms with Gasteiger partial charge >= 0.3 is 5.97 Å². The number of halogens is 1. The standard InChI is InChI=1S/C23H19ClN4O4S/c1-3-28-10-16(20(30)15-9-8-13(2)25-21(15)28)22(31)32-11-19(29)27-23-26-18(12-33-23)14-6-4-5-7-17(14)24/h4-10,12H,3,11H2,1-2H3,(H,26,27,29). The first-order chi connectivity index (χ1) is 15.9. The maximum Gasteiger partial charge on any atom is 0.344 e. The average molecular weight is 483 g/mol. The number of hydrogen-bond donors (Lipinski definition) is 1. The van der Waals surface area contributed by atoms with Crippen molar-refractivity contribution in [1.29, 1.82) is 0 Å². The molecular formula is C23H19ClN4O4S. The van der Waals surface area contributed by atoms with E-state index in [2.05, 4.69) is 15.3 Å². The number of aromatic nitrogens is 3. The van der Waals surface area contributed by atoms with Crippen LogP contribution in [0.4, 0.5) is 5.13 Å². The smallest absolute Gasteiger partial charge is 0.344 e. The summed E-state index contributed by atoms with van der Waals surface area (Å²) in [6.45, 7) is 3.65. The van der Waals surface area contributed by atoms with Gasteiger partial charge in [0.05, 0.1) is 11.1 Å². The number of ether oxygens (including phenoxy) is 1. The summed E-state index contributed by atoms with van der Waals surface area (Å²) in [4.78, 5) is 46.4. The lowest BCUT2D eigenvalue weighted by Crippen LogP contribution is -2.25. The van der Waals surface area contributed by atoms with Gasteiger partial charge in [-0.05, 0) is 32.0 Å². The minimum Gasteiger partial charge on any atom is -0.452 e. The van der Waals surface area contributed by atoms with Crippen LogP contribution in [0.15, 0.2) is 52.8 Å². The van der Waals surface area contributed by atoms with Crippen LogP contribution in [-0.2, 0) is 16.1 Å². The Bertz CT molecular complexity index is 1430. The summed E-state index contributed by atoms with van der Waals surface area (Å²) in [5.74, 6) is -1.45. The Morgan fingerprint density at radius 2 is 1.97 bits per heavy atom. The molecule has 33 heavy (non-hydrogen) atoms. The van der Waals surface area contributed by atoms with E-state index in [1.54, 1.807) is 28.1 Å². The first kappa shape index (κ1) is 22.6. The fourth-order valence-electron chi connectivity index (χ4n) is 3.23. The van der Waals surface area contributed by atoms with Gasteiger partial charge in [-0.1, -0.05) is 29.8 Å². The molecule has 0 atom stereocenters. The Morgan fingerprint density at radius 3 is 2.73 bits per heavy atom. The number of carbonyl (C=O) groups is 2. The molecule has 3 heterocycles. The molecule has 4 rings (SSSR count). The first-order valence-corrected chi connectivity index (χ1v) is 11.3. The molecule has 10 heteroatoms. The van der Waals surface area contributed by atoms with Gasteiger partial charge in [0, 0.05) is 34.4 Å². The van der Waals surface area contributed by atoms with E-state index in [1.807, 2.05) is 32.0 Å². The first-order valence-electron chi connectivity index (χ1n) is 10.1. The Morgan fingerprint density at radius 1 is 1.18 bits per heavy atom. The average Bonchev–Trinajstić information content (AvgIpc) is 3.26. The molecule has 0 spiro atoms. The number of amides is 1. The number of nitrogens with zero attached hydrogens (tertiary/aromatic N) is 3. The van der Waals surface area contributed by atoms with Crippen molar-refractivity contribution in [3.05, 3.63) is 74.5 Å². The molecule has 3 aromatic heterocycles. The van der Waals surface area contributed by atoms with Crippen LogP contribution in [0.3, 0.4) is 0 Å². The predicted molar refractivity (Wildman–Crippen MR) is 128 cm³/mol. The highest BCUT2D eigenvalue weighted by Crippen LogP contribution is 2.30. The summed E-state index contributed by atoms with van der Waals surface area (Å²) < 4.78 is 6.80. The normalized spacial score (nSPS) is 10.9. The van der Waals surface area contributed by atoms with Crippen LogP contribution < -0.4 is 10.7 Å². The molecule has 1 aromatic carbocycles. The van der Waals surface area contributed by atoms with E-state index in [-0.39, 0.29) is 5.56 Å². The number of benzene rings is 1. The number of fused-ring (bicyclic) bond motifs is 1. The van der Waals surface area contributed by atoms with Crippen molar-refractivity contribution < 1.29 is 14.3 Å². The lowest BCUT2D eigenvalue weighted by Gasteiger charge is -2.11. The number of aryl methyl sites for hydroxylation is 2. The number of pyridine rings is 2. The van der Waals surface area contributed by atoms with Crippen molar-refractivity contribution in [3.8, 4) is 11.3 Å². The van der Waals surface area contributed by atoms with Gasteiger partial charge in [-0.15, -0.1) is 11.3 Å². The number of anilines is 1. The zero-order chi connectivity index (χ0) is 23.5. The second kappa shape index (κ2) is 9.51. The second-order valence-electron chi connectivity index (χ2n) is 7.12. The summed E-state index contributed by atoms with van der Waals surface area (Å²) in [5, 5.41) is 5.56. The Labute approximate surface area is 197 Å². The predicted octanol–water partition coefficient (Wildman–Crippen LogP) is 4.30. The third-order valence-electron chi connectivity index (χ3n) is 4.86. The molecule has 1 amide bonds. The van der Waals surface area contributed by atoms with Crippen molar-refractivity contribution in [1.82, 2.24) is 14.5 Å². The molecule has 0 aliphatic carbocycles. The van der Waals surface area contributed by atoms with Gasteiger partial charge in [-0.2, -0.15) is 0 Å². The molecule has 0 saturated carbocycles. The summed E-state index contributed by atoms with van der Waals surface area (Å²) >= 11 is 7.40. The van der Waals surface area contributed by atoms with Gasteiger partial charge in [0.1, 0.15) is 11.2 Å². The zero-order valence-corrected chi connectivity index (χ0v) is 19.4. The van der Waals surface area contributed by atoms with E-state index in [9.17, 15) is 14.4 Å². The van der Waals surface area contributed by atoms with Gasteiger partial charge < -0.3 is 9.30 Å². The van der Waals surface area contributed by atoms with E-state index < -0.39 is 23.9 Å². The monoisotopic (exact) mass is 482 g/mol. The number of thiazole rings is 1. The van der Waals surface area contributed by atoms with Crippen LogP contribution in [0.2, 0.25) is 5.02 Å². The van der Waals surface area contributed by atoms with Gasteiger partial charge in [0.2, 0.25) is 5.43 Å². The SMILES string of the molecule is CCn1cc(C(=O)OCC(=O)Nc2nc(-c3ccccc3Cl)cs2)c(=O)c2ccc(C)nc21. The van der Waals surface area contributed by atoms with E-state index in [4.69, 9.17) is 16.3 Å². The van der Waals surface area contributed by atoms with Crippen molar-refractivity contribution in [2.75, 3.05) is 11.9 Å². The van der Waals surface area contributed by atoms with Gasteiger partial charge in [0.15, 0.2) is 11.7 Å². The highest BCUT2D eigenvalue weighted by molar-refractivity contribution is 7.14. The summed E-state index contributed by atoms with van der Waals surface area (Å²) in [7, 11) is 0. The minimum absolute atomic E-state index is 0.155. The van der Waals surface area contributed by atoms with Gasteiger partial charge in [0.25, 0.3) is 5.91 Å². The Balaban J connectivity index is 1.45. The number of esters is 1. The van der Waals surface area contributed by atoms with Crippen molar-refractivity contribution in [3.63, 3.8) is 0 Å². The highest BCUT2D eigenvalue weighted by Gasteiger charge is 2.19. The maximum atomic E-state index is 12.8. The van der Waals surface area contributed by atoms with Crippen LogP contribution in [0.25, 0.3) is 22.3 Å². The maximum absolute atomic E-state index is 12.8. The molecule has 168 valence electrons. The van der Waals surface area contributed by atoms with E-state index in [0.29, 0.717) is 33.4 Å². The van der Waals surface area contributed by atoms with Crippen LogP contribution >= 0.6 is 22.9 Å². The lowest BCUT2D eigenvalue weighted by molar-refractivity contribution is -0.119. The minimum atomic E-state index is -0.879. The number of carbonyl (C=O) groups excluding carboxylic acids is 2. The molecule has 0 bridgehead atoms. The van der Waals surface area contributed by atoms with Gasteiger partial charge in [-0.3, -0.25) is 14.9 Å². The Hall–Kier alpha value is -3.56. The summed E-state index contributed by atoms with van der Waals surface area (Å²) in [5.41, 5.74) is 1.98. The van der Waals surface area contributed by atoms with Crippen molar-refractivity contribution in [2.24, 2.45) is 0 Å². The van der Waals surface area contributed by atoms with Crippen LogP contribution in [-0.4, -0.2) is 33.0 Å². The number of hydrogen-bond acceptors (Lipinski definition) is 7. The molecule has 0 aliphatic heterocycles. The van der Waals surface area contributed by atoms with Gasteiger partial charge in [-0.25, -0.2) is 14.8 Å². The molecule has 0 radical (unpaired) electrons. The van der Waals surface area contributed by atoms with Crippen molar-refractivity contribution in [2.45, 2.75) is 20.4 Å².